The molecule has 9 nitrogen and oxygen atoms in total. The Morgan fingerprint density at radius 3 is 2.17 bits per heavy atom. The maximum atomic E-state index is 14.3. The van der Waals surface area contributed by atoms with Crippen LogP contribution in [0.25, 0.3) is 0 Å². The van der Waals surface area contributed by atoms with E-state index < -0.39 is 28.5 Å². The molecule has 3 aromatic carbocycles. The molecule has 42 heavy (non-hydrogen) atoms. The molecule has 0 spiro atoms. The van der Waals surface area contributed by atoms with Crippen molar-refractivity contribution in [2.24, 2.45) is 0 Å². The van der Waals surface area contributed by atoms with Gasteiger partial charge in [-0.3, -0.25) is 13.9 Å². The van der Waals surface area contributed by atoms with Gasteiger partial charge in [-0.2, -0.15) is 0 Å². The second-order valence-electron chi connectivity index (χ2n) is 10.1. The molecule has 0 aromatic heterocycles. The first-order chi connectivity index (χ1) is 20.1. The molecule has 0 saturated carbocycles. The van der Waals surface area contributed by atoms with E-state index in [2.05, 4.69) is 5.32 Å². The molecule has 0 radical (unpaired) electrons. The third-order valence-corrected chi connectivity index (χ3v) is 9.03. The molecule has 0 aliphatic rings. The highest BCUT2D eigenvalue weighted by Crippen LogP contribution is 2.36. The van der Waals surface area contributed by atoms with Crippen LogP contribution in [0, 0.1) is 6.92 Å². The molecule has 0 aliphatic carbocycles. The Bertz CT molecular complexity index is 1460. The smallest absolute Gasteiger partial charge is 0.264 e. The lowest BCUT2D eigenvalue weighted by atomic mass is 10.1. The lowest BCUT2D eigenvalue weighted by Gasteiger charge is -2.34. The minimum atomic E-state index is -4.25. The molecule has 0 saturated heterocycles. The summed E-state index contributed by atoms with van der Waals surface area (Å²) in [6.45, 7) is 7.21. The molecule has 0 aliphatic heterocycles. The number of anilines is 1. The quantitative estimate of drug-likeness (QED) is 0.283. The van der Waals surface area contributed by atoms with E-state index >= 15 is 0 Å². The fourth-order valence-electron chi connectivity index (χ4n) is 4.56. The number of nitrogens with zero attached hydrogens (tertiary/aromatic N) is 2. The largest absolute Gasteiger partial charge is 0.497 e. The number of aryl methyl sites for hydroxylation is 1. The molecule has 3 aromatic rings. The van der Waals surface area contributed by atoms with Crippen LogP contribution in [0.4, 0.5) is 5.69 Å². The van der Waals surface area contributed by atoms with Crippen LogP contribution in [0.3, 0.4) is 0 Å². The summed E-state index contributed by atoms with van der Waals surface area (Å²) in [7, 11) is -1.35. The minimum absolute atomic E-state index is 0.00896. The van der Waals surface area contributed by atoms with Crippen molar-refractivity contribution in [3.8, 4) is 11.5 Å². The van der Waals surface area contributed by atoms with Crippen molar-refractivity contribution in [2.75, 3.05) is 25.1 Å². The minimum Gasteiger partial charge on any atom is -0.497 e. The summed E-state index contributed by atoms with van der Waals surface area (Å²) in [4.78, 5) is 29.2. The van der Waals surface area contributed by atoms with Crippen LogP contribution >= 0.6 is 0 Å². The van der Waals surface area contributed by atoms with E-state index in [1.54, 1.807) is 30.3 Å². The Morgan fingerprint density at radius 2 is 1.57 bits per heavy atom. The van der Waals surface area contributed by atoms with Crippen molar-refractivity contribution in [2.45, 2.75) is 64.1 Å². The molecule has 0 unspecified atom stereocenters. The molecule has 226 valence electrons. The van der Waals surface area contributed by atoms with Gasteiger partial charge in [0.05, 0.1) is 24.8 Å². The molecular formula is C32H41N3O6S. The molecule has 0 bridgehead atoms. The normalized spacial score (nSPS) is 12.6. The summed E-state index contributed by atoms with van der Waals surface area (Å²) in [6, 6.07) is 19.4. The van der Waals surface area contributed by atoms with Crippen LogP contribution in [0.15, 0.2) is 77.7 Å². The van der Waals surface area contributed by atoms with Crippen molar-refractivity contribution >= 4 is 27.5 Å². The fraction of sp³-hybridized carbons (Fsp3) is 0.375. The van der Waals surface area contributed by atoms with Crippen LogP contribution in [-0.4, -0.2) is 58.0 Å². The Morgan fingerprint density at radius 1 is 0.905 bits per heavy atom. The first kappa shape index (κ1) is 32.5. The van der Waals surface area contributed by atoms with Gasteiger partial charge in [0.15, 0.2) is 0 Å². The number of carbonyl (C=O) groups is 2. The highest BCUT2D eigenvalue weighted by atomic mass is 32.2. The van der Waals surface area contributed by atoms with Crippen LogP contribution < -0.4 is 19.1 Å². The summed E-state index contributed by atoms with van der Waals surface area (Å²) in [6.07, 6.45) is 1.07. The number of nitrogens with one attached hydrogen (secondary N) is 1. The lowest BCUT2D eigenvalue weighted by molar-refractivity contribution is -0.140. The summed E-state index contributed by atoms with van der Waals surface area (Å²) < 4.78 is 40.1. The Hall–Kier alpha value is -4.05. The number of benzene rings is 3. The van der Waals surface area contributed by atoms with Crippen molar-refractivity contribution in [3.63, 3.8) is 0 Å². The lowest BCUT2D eigenvalue weighted by Crippen LogP contribution is -2.53. The predicted molar refractivity (Wildman–Crippen MR) is 164 cm³/mol. The van der Waals surface area contributed by atoms with E-state index in [0.29, 0.717) is 12.2 Å². The van der Waals surface area contributed by atoms with E-state index in [0.717, 1.165) is 21.9 Å². The van der Waals surface area contributed by atoms with Gasteiger partial charge in [-0.1, -0.05) is 56.3 Å². The van der Waals surface area contributed by atoms with Gasteiger partial charge in [0, 0.05) is 18.7 Å². The van der Waals surface area contributed by atoms with E-state index in [1.807, 2.05) is 52.0 Å². The summed E-state index contributed by atoms with van der Waals surface area (Å²) in [5.41, 5.74) is 1.95. The third kappa shape index (κ3) is 7.61. The average Bonchev–Trinajstić information content (AvgIpc) is 3.00. The topological polar surface area (TPSA) is 105 Å². The van der Waals surface area contributed by atoms with Gasteiger partial charge in [-0.25, -0.2) is 8.42 Å². The zero-order valence-electron chi connectivity index (χ0n) is 25.2. The Balaban J connectivity index is 2.15. The fourth-order valence-corrected chi connectivity index (χ4v) is 5.99. The molecule has 2 amide bonds. The van der Waals surface area contributed by atoms with E-state index in [4.69, 9.17) is 9.47 Å². The maximum absolute atomic E-state index is 14.3. The van der Waals surface area contributed by atoms with Crippen LogP contribution in [0.5, 0.6) is 11.5 Å². The molecule has 2 atom stereocenters. The number of hydrogen-bond donors (Lipinski definition) is 1. The van der Waals surface area contributed by atoms with E-state index in [1.165, 1.54) is 37.3 Å². The monoisotopic (exact) mass is 595 g/mol. The number of hydrogen-bond acceptors (Lipinski definition) is 6. The van der Waals surface area contributed by atoms with Crippen LogP contribution in [-0.2, 0) is 26.2 Å². The highest BCUT2D eigenvalue weighted by molar-refractivity contribution is 7.92. The van der Waals surface area contributed by atoms with Crippen LogP contribution in [0.1, 0.15) is 44.7 Å². The molecule has 0 heterocycles. The number of carbonyl (C=O) groups excluding carboxylic acids is 2. The molecule has 3 rings (SSSR count). The molecule has 1 N–H and O–H groups in total. The second-order valence-corrected chi connectivity index (χ2v) is 11.9. The second kappa shape index (κ2) is 14.7. The first-order valence-corrected chi connectivity index (χ1v) is 15.4. The summed E-state index contributed by atoms with van der Waals surface area (Å²) in [5.74, 6) is -0.184. The van der Waals surface area contributed by atoms with Gasteiger partial charge in [0.25, 0.3) is 10.0 Å². The van der Waals surface area contributed by atoms with Gasteiger partial charge in [0.2, 0.25) is 11.8 Å². The standard InChI is InChI=1S/C32H41N3O6S/c1-7-24(4)33-32(37)28(8-2)34(21-25-15-13-12-14-23(25)3)31(36)22-35(42(38,39)27-16-10-9-11-17-27)29-20-26(40-5)18-19-30(29)41-6/h9-20,24,28H,7-8,21-22H2,1-6H3,(H,33,37)/t24-,28+/m0/s1. The molecule has 10 heteroatoms. The summed E-state index contributed by atoms with van der Waals surface area (Å²) >= 11 is 0. The highest BCUT2D eigenvalue weighted by Gasteiger charge is 2.35. The first-order valence-electron chi connectivity index (χ1n) is 14.0. The molecular weight excluding hydrogens is 554 g/mol. The van der Waals surface area contributed by atoms with E-state index in [-0.39, 0.29) is 34.8 Å². The van der Waals surface area contributed by atoms with Gasteiger partial charge in [0.1, 0.15) is 24.1 Å². The SMILES string of the molecule is CC[C@H](C(=O)N[C@@H](C)CC)N(Cc1ccccc1C)C(=O)CN(c1cc(OC)ccc1OC)S(=O)(=O)c1ccccc1. The van der Waals surface area contributed by atoms with Crippen molar-refractivity contribution in [1.82, 2.24) is 10.2 Å². The maximum Gasteiger partial charge on any atom is 0.264 e. The van der Waals surface area contributed by atoms with Crippen molar-refractivity contribution in [3.05, 3.63) is 83.9 Å². The number of sulfonamides is 1. The van der Waals surface area contributed by atoms with Gasteiger partial charge < -0.3 is 19.7 Å². The Kier molecular flexibility index (Phi) is 11.4. The van der Waals surface area contributed by atoms with Crippen molar-refractivity contribution in [1.29, 1.82) is 0 Å². The predicted octanol–water partition coefficient (Wildman–Crippen LogP) is 4.93. The summed E-state index contributed by atoms with van der Waals surface area (Å²) in [5, 5.41) is 2.99. The average molecular weight is 596 g/mol. The number of methoxy groups -OCH3 is 2. The molecule has 0 fully saturated rings. The number of rotatable bonds is 14. The van der Waals surface area contributed by atoms with Crippen LogP contribution in [0.2, 0.25) is 0 Å². The van der Waals surface area contributed by atoms with Gasteiger partial charge in [-0.05, 0) is 62.1 Å². The van der Waals surface area contributed by atoms with Gasteiger partial charge >= 0.3 is 0 Å². The Labute approximate surface area is 249 Å². The zero-order chi connectivity index (χ0) is 30.9. The zero-order valence-corrected chi connectivity index (χ0v) is 26.0. The third-order valence-electron chi connectivity index (χ3n) is 7.25. The van der Waals surface area contributed by atoms with Crippen molar-refractivity contribution < 1.29 is 27.5 Å². The number of amides is 2. The van der Waals surface area contributed by atoms with E-state index in [9.17, 15) is 18.0 Å². The van der Waals surface area contributed by atoms with Gasteiger partial charge in [-0.15, -0.1) is 0 Å². The number of ether oxygens (including phenoxy) is 2.